The van der Waals surface area contributed by atoms with E-state index in [2.05, 4.69) is 0 Å². The van der Waals surface area contributed by atoms with Crippen LogP contribution in [0.25, 0.3) is 0 Å². The van der Waals surface area contributed by atoms with Gasteiger partial charge in [-0.05, 0) is 19.9 Å². The topological polar surface area (TPSA) is 110 Å². The first-order chi connectivity index (χ1) is 11.8. The molecule has 25 heavy (non-hydrogen) atoms. The van der Waals surface area contributed by atoms with Crippen LogP contribution in [-0.4, -0.2) is 64.3 Å². The van der Waals surface area contributed by atoms with Gasteiger partial charge in [0.05, 0.1) is 28.3 Å². The van der Waals surface area contributed by atoms with Crippen LogP contribution in [0, 0.1) is 10.1 Å². The Morgan fingerprint density at radius 2 is 1.80 bits per heavy atom. The van der Waals surface area contributed by atoms with E-state index >= 15 is 0 Å². The molecular weight excluding hydrogens is 330 g/mol. The van der Waals surface area contributed by atoms with E-state index in [1.807, 2.05) is 13.8 Å². The van der Waals surface area contributed by atoms with E-state index in [0.717, 1.165) is 11.0 Å². The Balaban J connectivity index is 1.77. The highest BCUT2D eigenvalue weighted by Gasteiger charge is 2.39. The lowest BCUT2D eigenvalue weighted by molar-refractivity contribution is -0.384. The molecule has 3 rings (SSSR count). The molecule has 1 aromatic rings. The van der Waals surface area contributed by atoms with Crippen LogP contribution in [-0.2, 0) is 9.53 Å². The highest BCUT2D eigenvalue weighted by atomic mass is 16.6. The van der Waals surface area contributed by atoms with Crippen LogP contribution >= 0.6 is 0 Å². The molecule has 2 aliphatic heterocycles. The minimum Gasteiger partial charge on any atom is -0.372 e. The Morgan fingerprint density at radius 3 is 2.40 bits per heavy atom. The summed E-state index contributed by atoms with van der Waals surface area (Å²) in [4.78, 5) is 49.9. The van der Waals surface area contributed by atoms with Gasteiger partial charge in [0.2, 0.25) is 5.91 Å². The number of carbonyl (C=O) groups is 3. The zero-order chi connectivity index (χ0) is 18.3. The number of nitro groups is 1. The van der Waals surface area contributed by atoms with Crippen molar-refractivity contribution >= 4 is 23.4 Å². The highest BCUT2D eigenvalue weighted by molar-refractivity contribution is 6.22. The number of nitro benzene ring substituents is 1. The second-order valence-electron chi connectivity index (χ2n) is 6.24. The van der Waals surface area contributed by atoms with Gasteiger partial charge in [-0.25, -0.2) is 0 Å². The third-order valence-corrected chi connectivity index (χ3v) is 4.23. The first kappa shape index (κ1) is 17.0. The van der Waals surface area contributed by atoms with Crippen molar-refractivity contribution in [2.24, 2.45) is 0 Å². The van der Waals surface area contributed by atoms with E-state index < -0.39 is 16.7 Å². The minimum absolute atomic E-state index is 0.0456. The quantitative estimate of drug-likeness (QED) is 0.455. The normalized spacial score (nSPS) is 23.0. The monoisotopic (exact) mass is 347 g/mol. The maximum Gasteiger partial charge on any atom is 0.270 e. The number of hydrogen-bond acceptors (Lipinski definition) is 6. The molecule has 9 nitrogen and oxygen atoms in total. The van der Waals surface area contributed by atoms with E-state index in [1.54, 1.807) is 4.90 Å². The SMILES string of the molecule is C[C@@H]1CN(C(=O)CN2C(=O)c3ccc([N+](=O)[O-])cc3C2=O)C[C@@H](C)O1. The summed E-state index contributed by atoms with van der Waals surface area (Å²) in [6.45, 7) is 4.07. The van der Waals surface area contributed by atoms with Gasteiger partial charge in [-0.2, -0.15) is 0 Å². The van der Waals surface area contributed by atoms with E-state index in [1.165, 1.54) is 12.1 Å². The molecule has 0 saturated carbocycles. The lowest BCUT2D eigenvalue weighted by Crippen LogP contribution is -2.51. The van der Waals surface area contributed by atoms with Crippen LogP contribution in [0.2, 0.25) is 0 Å². The van der Waals surface area contributed by atoms with Gasteiger partial charge in [0.15, 0.2) is 0 Å². The van der Waals surface area contributed by atoms with Crippen molar-refractivity contribution < 1.29 is 24.0 Å². The number of hydrogen-bond donors (Lipinski definition) is 0. The van der Waals surface area contributed by atoms with Gasteiger partial charge in [0.25, 0.3) is 17.5 Å². The average Bonchev–Trinajstić information content (AvgIpc) is 2.78. The third-order valence-electron chi connectivity index (χ3n) is 4.23. The molecule has 0 N–H and O–H groups in total. The standard InChI is InChI=1S/C16H17N3O6/c1-9-6-17(7-10(2)25-9)14(20)8-18-15(21)12-4-3-11(19(23)24)5-13(12)16(18)22/h3-5,9-10H,6-8H2,1-2H3/t9-,10-/m1/s1. The largest absolute Gasteiger partial charge is 0.372 e. The summed E-state index contributed by atoms with van der Waals surface area (Å²) in [5, 5.41) is 10.8. The zero-order valence-corrected chi connectivity index (χ0v) is 13.8. The molecule has 2 heterocycles. The van der Waals surface area contributed by atoms with Crippen LogP contribution in [0.1, 0.15) is 34.6 Å². The van der Waals surface area contributed by atoms with Gasteiger partial charge in [0, 0.05) is 25.2 Å². The number of fused-ring (bicyclic) bond motifs is 1. The molecule has 3 amide bonds. The first-order valence-electron chi connectivity index (χ1n) is 7.85. The average molecular weight is 347 g/mol. The highest BCUT2D eigenvalue weighted by Crippen LogP contribution is 2.27. The van der Waals surface area contributed by atoms with Gasteiger partial charge in [-0.15, -0.1) is 0 Å². The molecule has 2 aliphatic rings. The summed E-state index contributed by atoms with van der Waals surface area (Å²) in [6, 6.07) is 3.48. The summed E-state index contributed by atoms with van der Waals surface area (Å²) in [5.41, 5.74) is -0.244. The molecule has 0 aliphatic carbocycles. The number of benzene rings is 1. The molecule has 0 aromatic heterocycles. The molecule has 0 radical (unpaired) electrons. The molecule has 1 fully saturated rings. The fraction of sp³-hybridized carbons (Fsp3) is 0.438. The van der Waals surface area contributed by atoms with Crippen molar-refractivity contribution in [1.29, 1.82) is 0 Å². The van der Waals surface area contributed by atoms with Gasteiger partial charge >= 0.3 is 0 Å². The molecule has 0 bridgehead atoms. The Bertz CT molecular complexity index is 767. The predicted molar refractivity (Wildman–Crippen MR) is 85.1 cm³/mol. The predicted octanol–water partition coefficient (Wildman–Crippen LogP) is 0.827. The number of non-ortho nitro benzene ring substituents is 1. The van der Waals surface area contributed by atoms with Crippen LogP contribution in [0.3, 0.4) is 0 Å². The zero-order valence-electron chi connectivity index (χ0n) is 13.8. The lowest BCUT2D eigenvalue weighted by atomic mass is 10.1. The molecule has 1 aromatic carbocycles. The number of ether oxygens (including phenoxy) is 1. The van der Waals surface area contributed by atoms with Crippen molar-refractivity contribution in [3.8, 4) is 0 Å². The van der Waals surface area contributed by atoms with Gasteiger partial charge < -0.3 is 9.64 Å². The smallest absolute Gasteiger partial charge is 0.270 e. The maximum atomic E-state index is 12.5. The van der Waals surface area contributed by atoms with Gasteiger partial charge in [0.1, 0.15) is 6.54 Å². The molecule has 2 atom stereocenters. The van der Waals surface area contributed by atoms with Crippen LogP contribution in [0.4, 0.5) is 5.69 Å². The maximum absolute atomic E-state index is 12.5. The molecule has 1 saturated heterocycles. The number of rotatable bonds is 3. The lowest BCUT2D eigenvalue weighted by Gasteiger charge is -2.35. The minimum atomic E-state index is -0.689. The van der Waals surface area contributed by atoms with Crippen molar-refractivity contribution in [2.75, 3.05) is 19.6 Å². The summed E-state index contributed by atoms with van der Waals surface area (Å²) < 4.78 is 5.56. The molecule has 132 valence electrons. The number of amides is 3. The second-order valence-corrected chi connectivity index (χ2v) is 6.24. The van der Waals surface area contributed by atoms with Crippen molar-refractivity contribution in [2.45, 2.75) is 26.1 Å². The number of nitrogens with zero attached hydrogens (tertiary/aromatic N) is 3. The fourth-order valence-corrected chi connectivity index (χ4v) is 3.15. The van der Waals surface area contributed by atoms with Crippen LogP contribution < -0.4 is 0 Å². The first-order valence-corrected chi connectivity index (χ1v) is 7.85. The molecule has 9 heteroatoms. The molecule has 0 spiro atoms. The van der Waals surface area contributed by atoms with E-state index in [9.17, 15) is 24.5 Å². The fourth-order valence-electron chi connectivity index (χ4n) is 3.15. The van der Waals surface area contributed by atoms with Gasteiger partial charge in [-0.3, -0.25) is 29.4 Å². The van der Waals surface area contributed by atoms with Gasteiger partial charge in [-0.1, -0.05) is 0 Å². The van der Waals surface area contributed by atoms with E-state index in [0.29, 0.717) is 13.1 Å². The Kier molecular flexibility index (Phi) is 4.25. The number of carbonyl (C=O) groups excluding carboxylic acids is 3. The Morgan fingerprint density at radius 1 is 1.20 bits per heavy atom. The van der Waals surface area contributed by atoms with Crippen LogP contribution in [0.15, 0.2) is 18.2 Å². The van der Waals surface area contributed by atoms with Crippen LogP contribution in [0.5, 0.6) is 0 Å². The van der Waals surface area contributed by atoms with E-state index in [-0.39, 0.29) is 41.5 Å². The Hall–Kier alpha value is -2.81. The molecular formula is C16H17N3O6. The summed E-state index contributed by atoms with van der Waals surface area (Å²) in [5.74, 6) is -1.66. The number of morpholine rings is 1. The Labute approximate surface area is 143 Å². The van der Waals surface area contributed by atoms with Crippen molar-refractivity contribution in [3.63, 3.8) is 0 Å². The second kappa shape index (κ2) is 6.25. The summed E-state index contributed by atoms with van der Waals surface area (Å²) >= 11 is 0. The third kappa shape index (κ3) is 3.10. The van der Waals surface area contributed by atoms with Crippen molar-refractivity contribution in [3.05, 3.63) is 39.4 Å². The number of imide groups is 1. The summed E-state index contributed by atoms with van der Waals surface area (Å²) in [6.07, 6.45) is -0.255. The van der Waals surface area contributed by atoms with E-state index in [4.69, 9.17) is 4.74 Å². The summed E-state index contributed by atoms with van der Waals surface area (Å²) in [7, 11) is 0. The van der Waals surface area contributed by atoms with Crippen molar-refractivity contribution in [1.82, 2.24) is 9.80 Å². The molecule has 0 unspecified atom stereocenters.